The standard InChI is InChI=1S/C9H8F2O2/c1-5(12)9(13)8-6(10)3-2-4-7(8)11/h2-4,9,13H,1H3. The summed E-state index contributed by atoms with van der Waals surface area (Å²) in [5.41, 5.74) is -0.588. The van der Waals surface area contributed by atoms with Crippen molar-refractivity contribution in [1.82, 2.24) is 0 Å². The maximum atomic E-state index is 12.9. The van der Waals surface area contributed by atoms with E-state index in [1.54, 1.807) is 0 Å². The van der Waals surface area contributed by atoms with Crippen molar-refractivity contribution in [1.29, 1.82) is 0 Å². The fourth-order valence-corrected chi connectivity index (χ4v) is 0.975. The molecule has 0 aliphatic carbocycles. The topological polar surface area (TPSA) is 37.3 Å². The Morgan fingerprint density at radius 2 is 1.85 bits per heavy atom. The van der Waals surface area contributed by atoms with Gasteiger partial charge < -0.3 is 5.11 Å². The quantitative estimate of drug-likeness (QED) is 0.761. The molecule has 0 spiro atoms. The molecule has 0 aliphatic rings. The van der Waals surface area contributed by atoms with Crippen molar-refractivity contribution in [3.63, 3.8) is 0 Å². The number of hydrogen-bond donors (Lipinski definition) is 1. The summed E-state index contributed by atoms with van der Waals surface area (Å²) >= 11 is 0. The SMILES string of the molecule is CC(=O)C(O)c1c(F)cccc1F. The van der Waals surface area contributed by atoms with E-state index >= 15 is 0 Å². The van der Waals surface area contributed by atoms with Gasteiger partial charge in [0.15, 0.2) is 5.78 Å². The third-order valence-electron chi connectivity index (χ3n) is 1.66. The fourth-order valence-electron chi connectivity index (χ4n) is 0.975. The zero-order valence-corrected chi connectivity index (χ0v) is 6.92. The molecule has 0 heterocycles. The number of halogens is 2. The van der Waals surface area contributed by atoms with E-state index in [4.69, 9.17) is 5.11 Å². The second kappa shape index (κ2) is 3.62. The molecule has 0 aliphatic heterocycles. The normalized spacial score (nSPS) is 12.6. The van der Waals surface area contributed by atoms with Gasteiger partial charge in [-0.25, -0.2) is 8.78 Å². The van der Waals surface area contributed by atoms with E-state index in [1.807, 2.05) is 0 Å². The van der Waals surface area contributed by atoms with Crippen LogP contribution in [0.4, 0.5) is 8.78 Å². The smallest absolute Gasteiger partial charge is 0.162 e. The second-order valence-electron chi connectivity index (χ2n) is 2.65. The minimum absolute atomic E-state index is 0.588. The van der Waals surface area contributed by atoms with Gasteiger partial charge in [0.1, 0.15) is 17.7 Å². The molecule has 0 fully saturated rings. The van der Waals surface area contributed by atoms with Crippen LogP contribution < -0.4 is 0 Å². The van der Waals surface area contributed by atoms with Crippen molar-refractivity contribution in [2.75, 3.05) is 0 Å². The highest BCUT2D eigenvalue weighted by atomic mass is 19.1. The summed E-state index contributed by atoms with van der Waals surface area (Å²) in [7, 11) is 0. The third-order valence-corrected chi connectivity index (χ3v) is 1.66. The van der Waals surface area contributed by atoms with Crippen LogP contribution in [0.3, 0.4) is 0 Å². The van der Waals surface area contributed by atoms with Crippen LogP contribution in [0.15, 0.2) is 18.2 Å². The average molecular weight is 186 g/mol. The molecule has 0 saturated heterocycles. The summed E-state index contributed by atoms with van der Waals surface area (Å²) in [5.74, 6) is -2.52. The lowest BCUT2D eigenvalue weighted by atomic mass is 10.1. The number of aliphatic hydroxyl groups excluding tert-OH is 1. The minimum Gasteiger partial charge on any atom is -0.380 e. The van der Waals surface area contributed by atoms with Gasteiger partial charge in [0.2, 0.25) is 0 Å². The molecule has 0 aromatic heterocycles. The molecule has 1 rings (SSSR count). The van der Waals surface area contributed by atoms with E-state index in [9.17, 15) is 13.6 Å². The number of benzene rings is 1. The lowest BCUT2D eigenvalue weighted by Crippen LogP contribution is -2.11. The minimum atomic E-state index is -1.72. The lowest BCUT2D eigenvalue weighted by Gasteiger charge is -2.08. The van der Waals surface area contributed by atoms with Crippen LogP contribution in [0.2, 0.25) is 0 Å². The Balaban J connectivity index is 3.20. The molecule has 1 unspecified atom stereocenters. The first-order chi connectivity index (χ1) is 6.04. The summed E-state index contributed by atoms with van der Waals surface area (Å²) in [6, 6.07) is 3.15. The van der Waals surface area contributed by atoms with Crippen LogP contribution in [0.1, 0.15) is 18.6 Å². The maximum absolute atomic E-state index is 12.9. The van der Waals surface area contributed by atoms with Crippen LogP contribution >= 0.6 is 0 Å². The highest BCUT2D eigenvalue weighted by Crippen LogP contribution is 2.20. The Morgan fingerprint density at radius 3 is 2.23 bits per heavy atom. The van der Waals surface area contributed by atoms with E-state index in [-0.39, 0.29) is 0 Å². The molecule has 1 N–H and O–H groups in total. The van der Waals surface area contributed by atoms with Crippen LogP contribution in [-0.2, 0) is 4.79 Å². The Labute approximate surface area is 73.8 Å². The number of ketones is 1. The van der Waals surface area contributed by atoms with Crippen LogP contribution in [-0.4, -0.2) is 10.9 Å². The molecular weight excluding hydrogens is 178 g/mol. The molecule has 1 atom stereocenters. The maximum Gasteiger partial charge on any atom is 0.162 e. The van der Waals surface area contributed by atoms with Gasteiger partial charge in [0.25, 0.3) is 0 Å². The highest BCUT2D eigenvalue weighted by Gasteiger charge is 2.20. The number of hydrogen-bond acceptors (Lipinski definition) is 2. The first-order valence-corrected chi connectivity index (χ1v) is 3.66. The predicted octanol–water partition coefficient (Wildman–Crippen LogP) is 1.59. The van der Waals surface area contributed by atoms with Gasteiger partial charge in [-0.15, -0.1) is 0 Å². The summed E-state index contributed by atoms with van der Waals surface area (Å²) in [5, 5.41) is 9.13. The van der Waals surface area contributed by atoms with Crippen molar-refractivity contribution < 1.29 is 18.7 Å². The molecule has 2 nitrogen and oxygen atoms in total. The number of rotatable bonds is 2. The molecule has 0 saturated carbocycles. The molecule has 70 valence electrons. The lowest BCUT2D eigenvalue weighted by molar-refractivity contribution is -0.125. The van der Waals surface area contributed by atoms with E-state index in [0.717, 1.165) is 19.1 Å². The van der Waals surface area contributed by atoms with Crippen molar-refractivity contribution in [3.05, 3.63) is 35.4 Å². The molecule has 0 bridgehead atoms. The number of carbonyl (C=O) groups excluding carboxylic acids is 1. The first-order valence-electron chi connectivity index (χ1n) is 3.66. The molecular formula is C9H8F2O2. The van der Waals surface area contributed by atoms with Gasteiger partial charge in [-0.1, -0.05) is 6.07 Å². The summed E-state index contributed by atoms with van der Waals surface area (Å²) in [4.78, 5) is 10.7. The second-order valence-corrected chi connectivity index (χ2v) is 2.65. The van der Waals surface area contributed by atoms with Crippen molar-refractivity contribution in [3.8, 4) is 0 Å². The van der Waals surface area contributed by atoms with Crippen LogP contribution in [0.25, 0.3) is 0 Å². The average Bonchev–Trinajstić information content (AvgIpc) is 2.03. The zero-order chi connectivity index (χ0) is 10.0. The molecule has 4 heteroatoms. The monoisotopic (exact) mass is 186 g/mol. The summed E-state index contributed by atoms with van der Waals surface area (Å²) in [6.45, 7) is 1.07. The predicted molar refractivity (Wildman–Crippen MR) is 42.0 cm³/mol. The Morgan fingerprint density at radius 1 is 1.38 bits per heavy atom. The van der Waals surface area contributed by atoms with Crippen molar-refractivity contribution in [2.24, 2.45) is 0 Å². The Kier molecular flexibility index (Phi) is 2.72. The number of aliphatic hydroxyl groups is 1. The van der Waals surface area contributed by atoms with Gasteiger partial charge in [0.05, 0.1) is 5.56 Å². The number of Topliss-reactive ketones (excluding diaryl/α,β-unsaturated/α-hetero) is 1. The van der Waals surface area contributed by atoms with Crippen LogP contribution in [0.5, 0.6) is 0 Å². The van der Waals surface area contributed by atoms with Gasteiger partial charge >= 0.3 is 0 Å². The van der Waals surface area contributed by atoms with Crippen LogP contribution in [0, 0.1) is 11.6 Å². The molecule has 1 aromatic rings. The first kappa shape index (κ1) is 9.80. The summed E-state index contributed by atoms with van der Waals surface area (Å²) in [6.07, 6.45) is -1.72. The van der Waals surface area contributed by atoms with Gasteiger partial charge in [-0.3, -0.25) is 4.79 Å². The Bertz CT molecular complexity index is 316. The van der Waals surface area contributed by atoms with E-state index in [2.05, 4.69) is 0 Å². The van der Waals surface area contributed by atoms with E-state index in [0.29, 0.717) is 0 Å². The Hall–Kier alpha value is -1.29. The fraction of sp³-hybridized carbons (Fsp3) is 0.222. The van der Waals surface area contributed by atoms with Gasteiger partial charge in [0, 0.05) is 0 Å². The largest absolute Gasteiger partial charge is 0.380 e. The van der Waals surface area contributed by atoms with E-state index < -0.39 is 29.1 Å². The zero-order valence-electron chi connectivity index (χ0n) is 6.92. The highest BCUT2D eigenvalue weighted by molar-refractivity contribution is 5.81. The molecule has 0 amide bonds. The van der Waals surface area contributed by atoms with Gasteiger partial charge in [-0.2, -0.15) is 0 Å². The molecule has 0 radical (unpaired) electrons. The third kappa shape index (κ3) is 1.89. The molecule has 1 aromatic carbocycles. The van der Waals surface area contributed by atoms with Crippen molar-refractivity contribution >= 4 is 5.78 Å². The van der Waals surface area contributed by atoms with Gasteiger partial charge in [-0.05, 0) is 19.1 Å². The van der Waals surface area contributed by atoms with E-state index in [1.165, 1.54) is 6.07 Å². The molecule has 13 heavy (non-hydrogen) atoms. The summed E-state index contributed by atoms with van der Waals surface area (Å²) < 4.78 is 25.8. The number of carbonyl (C=O) groups is 1. The van der Waals surface area contributed by atoms with Crippen molar-refractivity contribution in [2.45, 2.75) is 13.0 Å².